The number of fused-ring (bicyclic) bond motifs is 5. The van der Waals surface area contributed by atoms with E-state index in [9.17, 15) is 19.7 Å². The first-order chi connectivity index (χ1) is 17.3. The first-order valence-corrected chi connectivity index (χ1v) is 12.6. The third kappa shape index (κ3) is 4.18. The molecule has 2 aromatic carbocycles. The van der Waals surface area contributed by atoms with E-state index in [1.54, 1.807) is 18.2 Å². The molecule has 2 amide bonds. The summed E-state index contributed by atoms with van der Waals surface area (Å²) < 4.78 is 12.1. The second kappa shape index (κ2) is 9.67. The molecule has 2 fully saturated rings. The minimum Gasteiger partial charge on any atom is -0.490 e. The van der Waals surface area contributed by atoms with Crippen molar-refractivity contribution in [3.8, 4) is 11.5 Å². The Kier molecular flexibility index (Phi) is 6.57. The number of hydrazone groups is 1. The monoisotopic (exact) mass is 573 g/mol. The molecule has 1 saturated carbocycles. The fourth-order valence-electron chi connectivity index (χ4n) is 5.09. The average Bonchev–Trinajstić information content (AvgIpc) is 3.55. The molecular weight excluding hydrogens is 554 g/mol. The standard InChI is InChI=1S/C25H21BrClN3O6/c1-2-35-18-10-16(11-28-29-24(31)19-14-5-6-15(9-14)20(19)25(29)32)21(26)22(27)23(18)36-12-13-3-7-17(8-4-13)30(33)34/h3-8,10-11,14-15,19-20H,2,9,12H2,1H3/t14-,15-,19-,20+/m0/s1. The largest absolute Gasteiger partial charge is 0.490 e. The third-order valence-electron chi connectivity index (χ3n) is 6.75. The van der Waals surface area contributed by atoms with Gasteiger partial charge in [0, 0.05) is 22.2 Å². The van der Waals surface area contributed by atoms with Gasteiger partial charge in [0.2, 0.25) is 0 Å². The Morgan fingerprint density at radius 2 is 1.81 bits per heavy atom. The fourth-order valence-corrected chi connectivity index (χ4v) is 5.74. The van der Waals surface area contributed by atoms with Crippen LogP contribution >= 0.6 is 27.5 Å². The van der Waals surface area contributed by atoms with Crippen molar-refractivity contribution in [3.63, 3.8) is 0 Å². The summed E-state index contributed by atoms with van der Waals surface area (Å²) in [6, 6.07) is 7.66. The number of hydrogen-bond donors (Lipinski definition) is 0. The number of imide groups is 1. The van der Waals surface area contributed by atoms with Crippen molar-refractivity contribution in [2.75, 3.05) is 6.61 Å². The molecule has 36 heavy (non-hydrogen) atoms. The van der Waals surface area contributed by atoms with Crippen molar-refractivity contribution < 1.29 is 24.0 Å². The van der Waals surface area contributed by atoms with Gasteiger partial charge in [-0.15, -0.1) is 0 Å². The SMILES string of the molecule is CCOc1cc(C=NN2C(=O)[C@@H]3[C@H](C2=O)[C@H]2C=C[C@H]3C2)c(Br)c(Cl)c1OCc1ccc([N+](=O)[O-])cc1. The number of carbonyl (C=O) groups excluding carboxylic acids is 2. The van der Waals surface area contributed by atoms with Crippen LogP contribution in [0.15, 0.2) is 52.1 Å². The molecule has 11 heteroatoms. The first kappa shape index (κ1) is 24.5. The van der Waals surface area contributed by atoms with Crippen LogP contribution in [0.4, 0.5) is 5.69 Å². The van der Waals surface area contributed by atoms with Crippen LogP contribution in [-0.4, -0.2) is 34.6 Å². The van der Waals surface area contributed by atoms with Gasteiger partial charge in [-0.3, -0.25) is 19.7 Å². The highest BCUT2D eigenvalue weighted by molar-refractivity contribution is 9.10. The lowest BCUT2D eigenvalue weighted by Crippen LogP contribution is -2.28. The Hall–Kier alpha value is -3.24. The number of nitro benzene ring substituents is 1. The van der Waals surface area contributed by atoms with Crippen LogP contribution < -0.4 is 9.47 Å². The molecule has 1 saturated heterocycles. The van der Waals surface area contributed by atoms with Gasteiger partial charge in [0.1, 0.15) is 11.6 Å². The highest BCUT2D eigenvalue weighted by Gasteiger charge is 2.59. The number of rotatable bonds is 8. The van der Waals surface area contributed by atoms with Crippen molar-refractivity contribution in [1.82, 2.24) is 5.01 Å². The number of ether oxygens (including phenoxy) is 2. The minimum absolute atomic E-state index is 0.0133. The van der Waals surface area contributed by atoms with Gasteiger partial charge in [0.15, 0.2) is 11.5 Å². The molecule has 3 aliphatic rings. The molecule has 1 heterocycles. The molecule has 2 aliphatic carbocycles. The van der Waals surface area contributed by atoms with Gasteiger partial charge >= 0.3 is 0 Å². The predicted molar refractivity (Wildman–Crippen MR) is 135 cm³/mol. The lowest BCUT2D eigenvalue weighted by Gasteiger charge is -2.16. The molecule has 0 N–H and O–H groups in total. The van der Waals surface area contributed by atoms with Gasteiger partial charge in [-0.25, -0.2) is 0 Å². The number of benzene rings is 2. The molecule has 0 spiro atoms. The number of hydrogen-bond acceptors (Lipinski definition) is 7. The Morgan fingerprint density at radius 1 is 1.17 bits per heavy atom. The maximum Gasteiger partial charge on any atom is 0.269 e. The van der Waals surface area contributed by atoms with Crippen LogP contribution in [0.3, 0.4) is 0 Å². The molecule has 0 aromatic heterocycles. The quantitative estimate of drug-likeness (QED) is 0.142. The summed E-state index contributed by atoms with van der Waals surface area (Å²) in [7, 11) is 0. The van der Waals surface area contributed by atoms with Crippen molar-refractivity contribution in [3.05, 3.63) is 73.2 Å². The van der Waals surface area contributed by atoms with Crippen LogP contribution in [0.1, 0.15) is 24.5 Å². The summed E-state index contributed by atoms with van der Waals surface area (Å²) in [5.74, 6) is -0.346. The summed E-state index contributed by atoms with van der Waals surface area (Å²) in [5, 5.41) is 16.3. The second-order valence-corrected chi connectivity index (χ2v) is 9.97. The molecule has 186 valence electrons. The van der Waals surface area contributed by atoms with E-state index in [1.807, 2.05) is 19.1 Å². The number of nitro groups is 1. The first-order valence-electron chi connectivity index (χ1n) is 11.4. The number of carbonyl (C=O) groups is 2. The summed E-state index contributed by atoms with van der Waals surface area (Å²) in [4.78, 5) is 36.2. The summed E-state index contributed by atoms with van der Waals surface area (Å²) in [6.07, 6.45) is 6.32. The lowest BCUT2D eigenvalue weighted by atomic mass is 9.85. The van der Waals surface area contributed by atoms with E-state index in [2.05, 4.69) is 21.0 Å². The number of halogens is 2. The summed E-state index contributed by atoms with van der Waals surface area (Å²) >= 11 is 10.0. The van der Waals surface area contributed by atoms with E-state index in [0.717, 1.165) is 11.4 Å². The van der Waals surface area contributed by atoms with E-state index in [0.29, 0.717) is 28.0 Å². The normalized spacial score (nSPS) is 24.1. The molecular formula is C25H21BrClN3O6. The van der Waals surface area contributed by atoms with Gasteiger partial charge in [-0.1, -0.05) is 23.8 Å². The zero-order valence-corrected chi connectivity index (χ0v) is 21.4. The second-order valence-electron chi connectivity index (χ2n) is 8.80. The maximum atomic E-state index is 12.9. The Labute approximate surface area is 220 Å². The zero-order chi connectivity index (χ0) is 25.6. The fraction of sp³-hybridized carbons (Fsp3) is 0.320. The van der Waals surface area contributed by atoms with Crippen LogP contribution in [0.25, 0.3) is 0 Å². The van der Waals surface area contributed by atoms with Crippen molar-refractivity contribution in [1.29, 1.82) is 0 Å². The lowest BCUT2D eigenvalue weighted by molar-refractivity contribution is -0.384. The van der Waals surface area contributed by atoms with Gasteiger partial charge in [0.05, 0.1) is 29.6 Å². The smallest absolute Gasteiger partial charge is 0.269 e. The molecule has 0 radical (unpaired) electrons. The van der Waals surface area contributed by atoms with Crippen LogP contribution in [-0.2, 0) is 16.2 Å². The predicted octanol–water partition coefficient (Wildman–Crippen LogP) is 5.13. The van der Waals surface area contributed by atoms with Crippen molar-refractivity contribution >= 4 is 51.2 Å². The highest BCUT2D eigenvalue weighted by Crippen LogP contribution is 2.52. The Morgan fingerprint density at radius 3 is 2.39 bits per heavy atom. The zero-order valence-electron chi connectivity index (χ0n) is 19.1. The number of nitrogens with zero attached hydrogens (tertiary/aromatic N) is 3. The summed E-state index contributed by atoms with van der Waals surface area (Å²) in [6.45, 7) is 2.25. The molecule has 0 unspecified atom stereocenters. The van der Waals surface area contributed by atoms with E-state index in [-0.39, 0.29) is 58.6 Å². The molecule has 9 nitrogen and oxygen atoms in total. The number of allylic oxidation sites excluding steroid dienone is 2. The van der Waals surface area contributed by atoms with Crippen molar-refractivity contribution in [2.24, 2.45) is 28.8 Å². The highest BCUT2D eigenvalue weighted by atomic mass is 79.9. The van der Waals surface area contributed by atoms with Gasteiger partial charge in [-0.05, 0) is 64.9 Å². The van der Waals surface area contributed by atoms with Crippen LogP contribution in [0, 0.1) is 33.8 Å². The molecule has 4 atom stereocenters. The summed E-state index contributed by atoms with van der Waals surface area (Å²) in [5.41, 5.74) is 1.20. The maximum absolute atomic E-state index is 12.9. The van der Waals surface area contributed by atoms with Gasteiger partial charge in [-0.2, -0.15) is 10.1 Å². The van der Waals surface area contributed by atoms with Crippen LogP contribution in [0.2, 0.25) is 5.02 Å². The third-order valence-corrected chi connectivity index (χ3v) is 8.19. The molecule has 2 aromatic rings. The van der Waals surface area contributed by atoms with E-state index >= 15 is 0 Å². The number of amides is 2. The van der Waals surface area contributed by atoms with Crippen molar-refractivity contribution in [2.45, 2.75) is 20.0 Å². The Bertz CT molecular complexity index is 1280. The topological polar surface area (TPSA) is 111 Å². The van der Waals surface area contributed by atoms with E-state index < -0.39 is 4.92 Å². The van der Waals surface area contributed by atoms with Gasteiger partial charge < -0.3 is 9.47 Å². The van der Waals surface area contributed by atoms with E-state index in [1.165, 1.54) is 18.3 Å². The van der Waals surface area contributed by atoms with Crippen LogP contribution in [0.5, 0.6) is 11.5 Å². The minimum atomic E-state index is -0.469. The molecule has 2 bridgehead atoms. The molecule has 5 rings (SSSR count). The Balaban J connectivity index is 1.37. The number of non-ortho nitro benzene ring substituents is 1. The van der Waals surface area contributed by atoms with E-state index in [4.69, 9.17) is 21.1 Å². The van der Waals surface area contributed by atoms with Gasteiger partial charge in [0.25, 0.3) is 17.5 Å². The molecule has 1 aliphatic heterocycles. The average molecular weight is 575 g/mol.